The Morgan fingerprint density at radius 2 is 0.680 bits per heavy atom. The van der Waals surface area contributed by atoms with Gasteiger partial charge in [-0.15, -0.1) is 6.58 Å². The molecule has 3 aliphatic rings. The van der Waals surface area contributed by atoms with Crippen LogP contribution in [0.3, 0.4) is 0 Å². The van der Waals surface area contributed by atoms with Gasteiger partial charge in [0, 0.05) is 19.4 Å². The van der Waals surface area contributed by atoms with Crippen molar-refractivity contribution >= 4 is 47.8 Å². The van der Waals surface area contributed by atoms with E-state index in [1.165, 1.54) is 84.9 Å². The van der Waals surface area contributed by atoms with Crippen molar-refractivity contribution in [3.8, 4) is 0 Å². The third-order valence-corrected chi connectivity index (χ3v) is 17.3. The Balaban J connectivity index is 1.03. The molecule has 15 unspecified atom stereocenters. The fourth-order valence-electron chi connectivity index (χ4n) is 11.9. The molecule has 7 aromatic carbocycles. The van der Waals surface area contributed by atoms with E-state index in [0.29, 0.717) is 6.42 Å². The summed E-state index contributed by atoms with van der Waals surface area (Å²) in [6.45, 7) is 4.43. The minimum Gasteiger partial charge on any atom is -0.459 e. The molecule has 0 spiro atoms. The summed E-state index contributed by atoms with van der Waals surface area (Å²) in [5, 5.41) is 13.1. The van der Waals surface area contributed by atoms with Crippen LogP contribution in [0.2, 0.25) is 0 Å². The van der Waals surface area contributed by atoms with Crippen molar-refractivity contribution in [2.24, 2.45) is 5.92 Å². The maximum absolute atomic E-state index is 14.5. The lowest BCUT2D eigenvalue weighted by atomic mass is 9.91. The van der Waals surface area contributed by atoms with Crippen molar-refractivity contribution < 1.29 is 110 Å². The quantitative estimate of drug-likeness (QED) is 0.0177. The Morgan fingerprint density at radius 1 is 0.359 bits per heavy atom. The second kappa shape index (κ2) is 38.1. The normalized spacial score (nSPS) is 24.4. The number of ether oxygens (including phenoxy) is 14. The van der Waals surface area contributed by atoms with Gasteiger partial charge in [0.1, 0.15) is 49.8 Å². The number of carbonyl (C=O) groups is 8. The molecule has 1 N–H and O–H groups in total. The average Bonchev–Trinajstić information content (AvgIpc) is 0.777. The standard InChI is InChI=1S/C80H82O23/c1-4-5-6-7-8-9-10-32-47-90-79-69(94-52(3)81)67(103-78-51(2)64(98-73(85)55-37-22-13-23-38-55)65(99-74(86)56-39-24-14-25-40-56)61(96-78)49-91-71(83)53-33-18-11-19-34-53)63(82)60(95-79)48-93-80-70(102-77(89)59-45-30-17-31-46-59)68(101-76(88)58-43-28-16-29-44-58)66(100-75(87)57-41-26-15-27-42-57)62(97-80)50-92-72(84)54-35-20-12-21-36-54/h4,11-31,33-46,51,60-70,78-80,82H,1,5-10,32,47-50H2,2-3H3. The van der Waals surface area contributed by atoms with Gasteiger partial charge >= 0.3 is 47.8 Å². The number of esters is 8. The van der Waals surface area contributed by atoms with Crippen molar-refractivity contribution in [1.29, 1.82) is 0 Å². The maximum Gasteiger partial charge on any atom is 0.338 e. The van der Waals surface area contributed by atoms with Crippen LogP contribution >= 0.6 is 0 Å². The molecule has 7 aromatic rings. The highest BCUT2D eigenvalue weighted by atomic mass is 16.8. The van der Waals surface area contributed by atoms with Crippen LogP contribution in [0, 0.1) is 5.92 Å². The Kier molecular flexibility index (Phi) is 27.9. The van der Waals surface area contributed by atoms with Crippen molar-refractivity contribution in [3.05, 3.63) is 264 Å². The first-order chi connectivity index (χ1) is 50.1. The van der Waals surface area contributed by atoms with Crippen LogP contribution in [-0.2, 0) is 71.1 Å². The lowest BCUT2D eigenvalue weighted by Crippen LogP contribution is -2.66. The van der Waals surface area contributed by atoms with Crippen LogP contribution < -0.4 is 0 Å². The van der Waals surface area contributed by atoms with Crippen molar-refractivity contribution in [2.45, 2.75) is 145 Å². The summed E-state index contributed by atoms with van der Waals surface area (Å²) in [6, 6.07) is 55.3. The smallest absolute Gasteiger partial charge is 0.338 e. The zero-order chi connectivity index (χ0) is 72.5. The highest BCUT2D eigenvalue weighted by Gasteiger charge is 2.57. The highest BCUT2D eigenvalue weighted by Crippen LogP contribution is 2.38. The second-order valence-corrected chi connectivity index (χ2v) is 24.7. The number of hydrogen-bond acceptors (Lipinski definition) is 23. The molecule has 3 heterocycles. The number of unbranched alkanes of at least 4 members (excludes halogenated alkanes) is 6. The van der Waals surface area contributed by atoms with E-state index in [9.17, 15) is 43.5 Å². The van der Waals surface area contributed by atoms with Crippen LogP contribution in [-0.4, -0.2) is 165 Å². The average molecular weight is 1410 g/mol. The molecule has 15 atom stereocenters. The van der Waals surface area contributed by atoms with Crippen LogP contribution in [0.4, 0.5) is 0 Å². The number of hydrogen-bond donors (Lipinski definition) is 1. The molecule has 103 heavy (non-hydrogen) atoms. The lowest BCUT2D eigenvalue weighted by molar-refractivity contribution is -0.360. The molecule has 540 valence electrons. The minimum atomic E-state index is -1.95. The molecule has 23 heteroatoms. The third-order valence-electron chi connectivity index (χ3n) is 17.3. The Hall–Kier alpha value is -10.2. The summed E-state index contributed by atoms with van der Waals surface area (Å²) < 4.78 is 89.2. The fraction of sp³-hybridized carbons (Fsp3) is 0.350. The van der Waals surface area contributed by atoms with Gasteiger partial charge in [-0.25, -0.2) is 33.6 Å². The molecule has 23 nitrogen and oxygen atoms in total. The summed E-state index contributed by atoms with van der Waals surface area (Å²) in [5.74, 6) is -8.25. The fourth-order valence-corrected chi connectivity index (χ4v) is 11.9. The third kappa shape index (κ3) is 21.0. The van der Waals surface area contributed by atoms with Gasteiger partial charge in [0.2, 0.25) is 0 Å². The zero-order valence-corrected chi connectivity index (χ0v) is 56.9. The second-order valence-electron chi connectivity index (χ2n) is 24.7. The van der Waals surface area contributed by atoms with Gasteiger partial charge in [-0.2, -0.15) is 0 Å². The van der Waals surface area contributed by atoms with Gasteiger partial charge in [0.05, 0.1) is 45.6 Å². The monoisotopic (exact) mass is 1410 g/mol. The first-order valence-electron chi connectivity index (χ1n) is 34.2. The van der Waals surface area contributed by atoms with Crippen molar-refractivity contribution in [2.75, 3.05) is 26.4 Å². The predicted octanol–water partition coefficient (Wildman–Crippen LogP) is 11.3. The first kappa shape index (κ1) is 75.4. The van der Waals surface area contributed by atoms with E-state index in [4.69, 9.17) is 66.3 Å². The molecular weight excluding hydrogens is 1330 g/mol. The molecule has 0 aromatic heterocycles. The summed E-state index contributed by atoms with van der Waals surface area (Å²) in [6.07, 6.45) is -15.9. The van der Waals surface area contributed by atoms with E-state index < -0.39 is 160 Å². The topological polar surface area (TPSA) is 286 Å². The van der Waals surface area contributed by atoms with Gasteiger partial charge in [0.15, 0.2) is 49.4 Å². The van der Waals surface area contributed by atoms with Crippen molar-refractivity contribution in [3.63, 3.8) is 0 Å². The number of aliphatic hydroxyl groups excluding tert-OH is 1. The van der Waals surface area contributed by atoms with E-state index in [1.54, 1.807) is 134 Å². The minimum absolute atomic E-state index is 0.0207. The highest BCUT2D eigenvalue weighted by molar-refractivity contribution is 5.93. The molecule has 0 saturated carbocycles. The summed E-state index contributed by atoms with van der Waals surface area (Å²) in [7, 11) is 0. The van der Waals surface area contributed by atoms with E-state index in [-0.39, 0.29) is 45.6 Å². The SMILES string of the molecule is C=CCCCCCCCCOC1OC(COC2OC(COC(=O)c3ccccc3)C(OC(=O)c3ccccc3)C(OC(=O)c3ccccc3)C2OC(=O)c2ccccc2)C(O)C(OC2OC(COC(=O)c3ccccc3)C(OC(=O)c3ccccc3)C(OC(=O)c3ccccc3)C2C)C1OC(C)=O. The number of carbonyl (C=O) groups excluding carboxylic acids is 8. The summed E-state index contributed by atoms with van der Waals surface area (Å²) in [5.41, 5.74) is 0.649. The van der Waals surface area contributed by atoms with Crippen LogP contribution in [0.1, 0.15) is 131 Å². The molecule has 0 aliphatic carbocycles. The van der Waals surface area contributed by atoms with Gasteiger partial charge in [0.25, 0.3) is 0 Å². The molecule has 3 saturated heterocycles. The van der Waals surface area contributed by atoms with E-state index in [2.05, 4.69) is 6.58 Å². The van der Waals surface area contributed by atoms with Gasteiger partial charge in [-0.3, -0.25) is 4.79 Å². The molecule has 3 fully saturated rings. The predicted molar refractivity (Wildman–Crippen MR) is 368 cm³/mol. The Morgan fingerprint density at radius 3 is 1.09 bits per heavy atom. The number of aliphatic hydroxyl groups is 1. The molecule has 0 bridgehead atoms. The van der Waals surface area contributed by atoms with Crippen LogP contribution in [0.25, 0.3) is 0 Å². The van der Waals surface area contributed by atoms with E-state index in [1.807, 2.05) is 6.08 Å². The lowest BCUT2D eigenvalue weighted by Gasteiger charge is -2.48. The summed E-state index contributed by atoms with van der Waals surface area (Å²) >= 11 is 0. The van der Waals surface area contributed by atoms with Gasteiger partial charge in [-0.05, 0) is 104 Å². The van der Waals surface area contributed by atoms with Gasteiger partial charge in [-0.1, -0.05) is 166 Å². The molecule has 10 rings (SSSR count). The van der Waals surface area contributed by atoms with Crippen LogP contribution in [0.15, 0.2) is 225 Å². The largest absolute Gasteiger partial charge is 0.459 e. The Bertz CT molecular complexity index is 3870. The molecular formula is C80H82O23. The maximum atomic E-state index is 14.5. The van der Waals surface area contributed by atoms with Gasteiger partial charge < -0.3 is 71.4 Å². The zero-order valence-electron chi connectivity index (χ0n) is 56.9. The number of allylic oxidation sites excluding steroid dienone is 1. The molecule has 0 amide bonds. The van der Waals surface area contributed by atoms with E-state index in [0.717, 1.165) is 45.4 Å². The van der Waals surface area contributed by atoms with Crippen LogP contribution in [0.5, 0.6) is 0 Å². The molecule has 3 aliphatic heterocycles. The number of benzene rings is 7. The first-order valence-corrected chi connectivity index (χ1v) is 34.2. The molecule has 0 radical (unpaired) electrons. The number of rotatable bonds is 32. The van der Waals surface area contributed by atoms with Crippen molar-refractivity contribution in [1.82, 2.24) is 0 Å². The summed E-state index contributed by atoms with van der Waals surface area (Å²) in [4.78, 5) is 113. The Labute approximate surface area is 596 Å². The van der Waals surface area contributed by atoms with E-state index >= 15 is 0 Å².